The SMILES string of the molecule is CCCNC(CC(N)=O)c1ccccc1C. The Hall–Kier alpha value is -1.35. The van der Waals surface area contributed by atoms with Gasteiger partial charge >= 0.3 is 0 Å². The molecule has 3 heteroatoms. The highest BCUT2D eigenvalue weighted by atomic mass is 16.1. The highest BCUT2D eigenvalue weighted by molar-refractivity contribution is 5.74. The normalized spacial score (nSPS) is 12.4. The molecular weight excluding hydrogens is 200 g/mol. The van der Waals surface area contributed by atoms with Crippen LogP contribution in [0.3, 0.4) is 0 Å². The lowest BCUT2D eigenvalue weighted by Gasteiger charge is -2.19. The third-order valence-corrected chi connectivity index (χ3v) is 2.61. The lowest BCUT2D eigenvalue weighted by atomic mass is 9.98. The average Bonchev–Trinajstić information content (AvgIpc) is 2.24. The van der Waals surface area contributed by atoms with E-state index in [9.17, 15) is 4.79 Å². The minimum atomic E-state index is -0.267. The van der Waals surface area contributed by atoms with E-state index in [0.717, 1.165) is 18.5 Å². The van der Waals surface area contributed by atoms with Crippen molar-refractivity contribution in [1.82, 2.24) is 5.32 Å². The molecular formula is C13H20N2O. The third kappa shape index (κ3) is 3.66. The Morgan fingerprint density at radius 1 is 1.44 bits per heavy atom. The van der Waals surface area contributed by atoms with Crippen LogP contribution in [0.25, 0.3) is 0 Å². The summed E-state index contributed by atoms with van der Waals surface area (Å²) in [6.45, 7) is 5.05. The number of benzene rings is 1. The highest BCUT2D eigenvalue weighted by Gasteiger charge is 2.14. The maximum absolute atomic E-state index is 11.0. The summed E-state index contributed by atoms with van der Waals surface area (Å²) < 4.78 is 0. The van der Waals surface area contributed by atoms with Gasteiger partial charge in [-0.25, -0.2) is 0 Å². The summed E-state index contributed by atoms with van der Waals surface area (Å²) in [6.07, 6.45) is 1.39. The minimum Gasteiger partial charge on any atom is -0.370 e. The minimum absolute atomic E-state index is 0.0404. The van der Waals surface area contributed by atoms with Crippen LogP contribution in [-0.4, -0.2) is 12.5 Å². The van der Waals surface area contributed by atoms with Crippen LogP contribution in [0.4, 0.5) is 0 Å². The number of aryl methyl sites for hydroxylation is 1. The van der Waals surface area contributed by atoms with E-state index in [1.54, 1.807) is 0 Å². The van der Waals surface area contributed by atoms with E-state index in [0.29, 0.717) is 6.42 Å². The van der Waals surface area contributed by atoms with Crippen molar-refractivity contribution < 1.29 is 4.79 Å². The second-order valence-corrected chi connectivity index (χ2v) is 4.03. The zero-order valence-corrected chi connectivity index (χ0v) is 9.99. The first-order chi connectivity index (χ1) is 7.65. The number of hydrogen-bond donors (Lipinski definition) is 2. The molecule has 0 aliphatic rings. The molecule has 0 heterocycles. The maximum atomic E-state index is 11.0. The average molecular weight is 220 g/mol. The molecule has 1 atom stereocenters. The number of nitrogens with one attached hydrogen (secondary N) is 1. The molecule has 0 saturated carbocycles. The summed E-state index contributed by atoms with van der Waals surface area (Å²) in [6, 6.07) is 8.13. The first-order valence-corrected chi connectivity index (χ1v) is 5.72. The number of rotatable bonds is 6. The van der Waals surface area contributed by atoms with Gasteiger partial charge in [-0.15, -0.1) is 0 Å². The Labute approximate surface area is 97.0 Å². The molecule has 1 aromatic carbocycles. The molecule has 0 aliphatic heterocycles. The Bertz CT molecular complexity index is 350. The lowest BCUT2D eigenvalue weighted by molar-refractivity contribution is -0.118. The third-order valence-electron chi connectivity index (χ3n) is 2.61. The fourth-order valence-electron chi connectivity index (χ4n) is 1.79. The van der Waals surface area contributed by atoms with Gasteiger partial charge < -0.3 is 11.1 Å². The van der Waals surface area contributed by atoms with Crippen molar-refractivity contribution in [2.24, 2.45) is 5.73 Å². The molecule has 0 aromatic heterocycles. The molecule has 0 spiro atoms. The first-order valence-electron chi connectivity index (χ1n) is 5.72. The van der Waals surface area contributed by atoms with Gasteiger partial charge in [-0.1, -0.05) is 31.2 Å². The van der Waals surface area contributed by atoms with Gasteiger partial charge in [-0.05, 0) is 31.0 Å². The molecule has 0 fully saturated rings. The fourth-order valence-corrected chi connectivity index (χ4v) is 1.79. The van der Waals surface area contributed by atoms with Crippen LogP contribution in [0, 0.1) is 6.92 Å². The Kier molecular flexibility index (Phi) is 4.99. The van der Waals surface area contributed by atoms with Gasteiger partial charge in [0.2, 0.25) is 5.91 Å². The van der Waals surface area contributed by atoms with Gasteiger partial charge in [0.05, 0.1) is 0 Å². The Morgan fingerprint density at radius 2 is 2.12 bits per heavy atom. The predicted octanol–water partition coefficient (Wildman–Crippen LogP) is 1.91. The molecule has 1 rings (SSSR count). The van der Waals surface area contributed by atoms with Crippen LogP contribution >= 0.6 is 0 Å². The van der Waals surface area contributed by atoms with E-state index < -0.39 is 0 Å². The van der Waals surface area contributed by atoms with Crippen molar-refractivity contribution in [3.8, 4) is 0 Å². The second-order valence-electron chi connectivity index (χ2n) is 4.03. The van der Waals surface area contributed by atoms with Crippen LogP contribution in [0.5, 0.6) is 0 Å². The topological polar surface area (TPSA) is 55.1 Å². The molecule has 1 aromatic rings. The summed E-state index contributed by atoms with van der Waals surface area (Å²) in [7, 11) is 0. The van der Waals surface area contributed by atoms with Gasteiger partial charge in [0.1, 0.15) is 0 Å². The van der Waals surface area contributed by atoms with Gasteiger partial charge in [-0.3, -0.25) is 4.79 Å². The zero-order valence-electron chi connectivity index (χ0n) is 9.99. The summed E-state index contributed by atoms with van der Waals surface area (Å²) in [5.41, 5.74) is 7.63. The zero-order chi connectivity index (χ0) is 12.0. The van der Waals surface area contributed by atoms with E-state index in [1.807, 2.05) is 18.2 Å². The molecule has 0 bridgehead atoms. The van der Waals surface area contributed by atoms with Crippen LogP contribution in [0.15, 0.2) is 24.3 Å². The molecule has 0 saturated heterocycles. The number of nitrogens with two attached hydrogens (primary N) is 1. The van der Waals surface area contributed by atoms with Crippen molar-refractivity contribution in [3.63, 3.8) is 0 Å². The summed E-state index contributed by atoms with van der Waals surface area (Å²) in [5, 5.41) is 3.36. The van der Waals surface area contributed by atoms with Gasteiger partial charge in [0.25, 0.3) is 0 Å². The van der Waals surface area contributed by atoms with E-state index >= 15 is 0 Å². The van der Waals surface area contributed by atoms with Crippen molar-refractivity contribution in [2.75, 3.05) is 6.54 Å². The summed E-state index contributed by atoms with van der Waals surface area (Å²) >= 11 is 0. The quantitative estimate of drug-likeness (QED) is 0.769. The molecule has 3 nitrogen and oxygen atoms in total. The van der Waals surface area contributed by atoms with E-state index in [2.05, 4.69) is 25.2 Å². The van der Waals surface area contributed by atoms with Crippen molar-refractivity contribution in [2.45, 2.75) is 32.7 Å². The largest absolute Gasteiger partial charge is 0.370 e. The van der Waals surface area contributed by atoms with Crippen LogP contribution in [-0.2, 0) is 4.79 Å². The predicted molar refractivity (Wildman–Crippen MR) is 66.0 cm³/mol. The molecule has 16 heavy (non-hydrogen) atoms. The lowest BCUT2D eigenvalue weighted by Crippen LogP contribution is -2.27. The highest BCUT2D eigenvalue weighted by Crippen LogP contribution is 2.20. The monoisotopic (exact) mass is 220 g/mol. The molecule has 1 unspecified atom stereocenters. The molecule has 0 radical (unpaired) electrons. The summed E-state index contributed by atoms with van der Waals surface area (Å²) in [5.74, 6) is -0.267. The van der Waals surface area contributed by atoms with Crippen LogP contribution < -0.4 is 11.1 Å². The second kappa shape index (κ2) is 6.28. The van der Waals surface area contributed by atoms with Crippen molar-refractivity contribution in [3.05, 3.63) is 35.4 Å². The van der Waals surface area contributed by atoms with E-state index in [1.165, 1.54) is 5.56 Å². The van der Waals surface area contributed by atoms with Gasteiger partial charge in [0.15, 0.2) is 0 Å². The fraction of sp³-hybridized carbons (Fsp3) is 0.462. The van der Waals surface area contributed by atoms with E-state index in [4.69, 9.17) is 5.73 Å². The summed E-state index contributed by atoms with van der Waals surface area (Å²) in [4.78, 5) is 11.0. The Morgan fingerprint density at radius 3 is 2.69 bits per heavy atom. The van der Waals surface area contributed by atoms with Crippen molar-refractivity contribution in [1.29, 1.82) is 0 Å². The van der Waals surface area contributed by atoms with Gasteiger partial charge in [0, 0.05) is 12.5 Å². The standard InChI is InChI=1S/C13H20N2O/c1-3-8-15-12(9-13(14)16)11-7-5-4-6-10(11)2/h4-7,12,15H,3,8-9H2,1-2H3,(H2,14,16). The number of amides is 1. The van der Waals surface area contributed by atoms with Gasteiger partial charge in [-0.2, -0.15) is 0 Å². The van der Waals surface area contributed by atoms with Crippen LogP contribution in [0.1, 0.15) is 36.9 Å². The number of primary amides is 1. The maximum Gasteiger partial charge on any atom is 0.219 e. The number of carbonyl (C=O) groups excluding carboxylic acids is 1. The molecule has 88 valence electrons. The molecule has 1 amide bonds. The Balaban J connectivity index is 2.82. The molecule has 0 aliphatic carbocycles. The molecule has 3 N–H and O–H groups in total. The number of carbonyl (C=O) groups is 1. The van der Waals surface area contributed by atoms with Crippen LogP contribution in [0.2, 0.25) is 0 Å². The number of hydrogen-bond acceptors (Lipinski definition) is 2. The van der Waals surface area contributed by atoms with Crippen molar-refractivity contribution >= 4 is 5.91 Å². The van der Waals surface area contributed by atoms with E-state index in [-0.39, 0.29) is 11.9 Å². The first kappa shape index (κ1) is 12.7. The smallest absolute Gasteiger partial charge is 0.219 e.